The Morgan fingerprint density at radius 2 is 1.88 bits per heavy atom. The number of Topliss-reactive ketones (excluding diaryl/α,β-unsaturated/α-hetero) is 1. The Morgan fingerprint density at radius 3 is 2.35 bits per heavy atom. The maximum Gasteiger partial charge on any atom is 0.136 e. The first kappa shape index (κ1) is 12.6. The molecule has 2 atom stereocenters. The Balaban J connectivity index is 2.34. The number of benzene rings is 1. The second-order valence-electron chi connectivity index (χ2n) is 6.17. The Labute approximate surface area is 105 Å². The van der Waals surface area contributed by atoms with Crippen molar-refractivity contribution in [1.82, 2.24) is 0 Å². The zero-order valence-corrected chi connectivity index (χ0v) is 12.3. The Morgan fingerprint density at radius 1 is 1.29 bits per heavy atom. The molecule has 0 aromatic heterocycles. The van der Waals surface area contributed by atoms with Crippen molar-refractivity contribution in [2.24, 2.45) is 0 Å². The van der Waals surface area contributed by atoms with Gasteiger partial charge in [0, 0.05) is 11.5 Å². The van der Waals surface area contributed by atoms with Crippen LogP contribution in [0.1, 0.15) is 31.2 Å². The molecule has 0 N–H and O–H groups in total. The predicted octanol–water partition coefficient (Wildman–Crippen LogP) is 4.23. The maximum atomic E-state index is 12.4. The first-order chi connectivity index (χ1) is 7.93. The Bertz CT molecular complexity index is 418. The molecule has 17 heavy (non-hydrogen) atoms. The lowest BCUT2D eigenvalue weighted by molar-refractivity contribution is -0.119. The maximum absolute atomic E-state index is 12.4. The third-order valence-electron chi connectivity index (χ3n) is 4.32. The molecule has 92 valence electrons. The molecule has 1 fully saturated rings. The highest BCUT2D eigenvalue weighted by atomic mass is 28.3. The normalized spacial score (nSPS) is 27.9. The molecule has 1 aromatic rings. The van der Waals surface area contributed by atoms with E-state index in [9.17, 15) is 4.79 Å². The minimum Gasteiger partial charge on any atom is -0.299 e. The van der Waals surface area contributed by atoms with Gasteiger partial charge in [-0.3, -0.25) is 4.79 Å². The van der Waals surface area contributed by atoms with E-state index in [1.165, 1.54) is 5.56 Å². The van der Waals surface area contributed by atoms with Gasteiger partial charge < -0.3 is 0 Å². The Hall–Kier alpha value is -0.893. The summed E-state index contributed by atoms with van der Waals surface area (Å²) >= 11 is 0. The molecule has 0 bridgehead atoms. The van der Waals surface area contributed by atoms with E-state index in [2.05, 4.69) is 43.9 Å². The minimum atomic E-state index is -1.45. The first-order valence-corrected chi connectivity index (χ1v) is 10.0. The van der Waals surface area contributed by atoms with Crippen molar-refractivity contribution in [3.8, 4) is 0 Å². The van der Waals surface area contributed by atoms with Crippen LogP contribution in [0, 0.1) is 0 Å². The molecule has 0 amide bonds. The zero-order valence-electron chi connectivity index (χ0n) is 11.3. The zero-order chi connectivity index (χ0) is 12.7. The van der Waals surface area contributed by atoms with E-state index in [1.807, 2.05) is 13.0 Å². The largest absolute Gasteiger partial charge is 0.299 e. The van der Waals surface area contributed by atoms with Gasteiger partial charge in [0.1, 0.15) is 5.78 Å². The molecule has 1 aromatic carbocycles. The lowest BCUT2D eigenvalue weighted by Crippen LogP contribution is -2.36. The van der Waals surface area contributed by atoms with Crippen molar-refractivity contribution >= 4 is 13.9 Å². The fourth-order valence-electron chi connectivity index (χ4n) is 3.22. The van der Waals surface area contributed by atoms with Crippen molar-refractivity contribution in [1.29, 1.82) is 0 Å². The van der Waals surface area contributed by atoms with Gasteiger partial charge in [0.25, 0.3) is 0 Å². The molecule has 1 aliphatic carbocycles. The van der Waals surface area contributed by atoms with E-state index < -0.39 is 8.07 Å². The highest BCUT2D eigenvalue weighted by Crippen LogP contribution is 2.71. The van der Waals surface area contributed by atoms with Crippen LogP contribution in [0.25, 0.3) is 0 Å². The monoisotopic (exact) mass is 246 g/mol. The number of hydrogen-bond acceptors (Lipinski definition) is 1. The molecule has 0 heterocycles. The summed E-state index contributed by atoms with van der Waals surface area (Å²) < 4.78 is 0. The van der Waals surface area contributed by atoms with Crippen LogP contribution in [-0.2, 0) is 4.79 Å². The molecular formula is C15H22OSi. The molecule has 0 radical (unpaired) electrons. The lowest BCUT2D eigenvalue weighted by Gasteiger charge is -2.29. The summed E-state index contributed by atoms with van der Waals surface area (Å²) in [4.78, 5) is 12.4. The smallest absolute Gasteiger partial charge is 0.136 e. The van der Waals surface area contributed by atoms with Crippen LogP contribution in [-0.4, -0.2) is 13.9 Å². The van der Waals surface area contributed by atoms with E-state index in [0.717, 1.165) is 6.42 Å². The van der Waals surface area contributed by atoms with Crippen LogP contribution in [0.2, 0.25) is 24.7 Å². The van der Waals surface area contributed by atoms with Gasteiger partial charge in [0.05, 0.1) is 8.07 Å². The second-order valence-corrected chi connectivity index (χ2v) is 11.6. The first-order valence-electron chi connectivity index (χ1n) is 6.51. The molecular weight excluding hydrogens is 224 g/mol. The van der Waals surface area contributed by atoms with Gasteiger partial charge in [-0.1, -0.05) is 56.9 Å². The van der Waals surface area contributed by atoms with E-state index in [1.54, 1.807) is 0 Å². The van der Waals surface area contributed by atoms with Crippen molar-refractivity contribution in [3.63, 3.8) is 0 Å². The van der Waals surface area contributed by atoms with Gasteiger partial charge in [-0.05, 0) is 17.9 Å². The van der Waals surface area contributed by atoms with Gasteiger partial charge in [-0.2, -0.15) is 0 Å². The highest BCUT2D eigenvalue weighted by molar-refractivity contribution is 6.83. The van der Waals surface area contributed by atoms with Crippen molar-refractivity contribution in [2.45, 2.75) is 50.4 Å². The quantitative estimate of drug-likeness (QED) is 0.727. The standard InChI is InChI=1S/C15H22OSi/c1-5-14(16)15(17(2,3)4)11-13(15)12-9-7-6-8-10-12/h6-10,13H,5,11H2,1-4H3. The van der Waals surface area contributed by atoms with Crippen LogP contribution >= 0.6 is 0 Å². The molecule has 0 saturated heterocycles. The SMILES string of the molecule is CCC(=O)C1([Si](C)(C)C)CC1c1ccccc1. The predicted molar refractivity (Wildman–Crippen MR) is 75.1 cm³/mol. The van der Waals surface area contributed by atoms with Crippen LogP contribution in [0.3, 0.4) is 0 Å². The molecule has 1 nitrogen and oxygen atoms in total. The molecule has 1 saturated carbocycles. The highest BCUT2D eigenvalue weighted by Gasteiger charge is 2.65. The fraction of sp³-hybridized carbons (Fsp3) is 0.533. The van der Waals surface area contributed by atoms with Gasteiger partial charge in [0.2, 0.25) is 0 Å². The van der Waals surface area contributed by atoms with Gasteiger partial charge in [0.15, 0.2) is 0 Å². The molecule has 0 aliphatic heterocycles. The Kier molecular flexibility index (Phi) is 3.02. The van der Waals surface area contributed by atoms with Gasteiger partial charge in [-0.15, -0.1) is 0 Å². The second kappa shape index (κ2) is 4.09. The number of carbonyl (C=O) groups excluding carboxylic acids is 1. The van der Waals surface area contributed by atoms with Gasteiger partial charge >= 0.3 is 0 Å². The summed E-state index contributed by atoms with van der Waals surface area (Å²) in [5, 5.41) is 0.0170. The van der Waals surface area contributed by atoms with Crippen LogP contribution < -0.4 is 0 Å². The van der Waals surface area contributed by atoms with E-state index in [4.69, 9.17) is 0 Å². The number of ketones is 1. The van der Waals surface area contributed by atoms with Gasteiger partial charge in [-0.25, -0.2) is 0 Å². The summed E-state index contributed by atoms with van der Waals surface area (Å²) in [5.74, 6) is 0.980. The molecule has 2 heteroatoms. The molecule has 0 spiro atoms. The van der Waals surface area contributed by atoms with E-state index in [-0.39, 0.29) is 5.04 Å². The minimum absolute atomic E-state index is 0.0170. The van der Waals surface area contributed by atoms with Crippen LogP contribution in [0.15, 0.2) is 30.3 Å². The topological polar surface area (TPSA) is 17.1 Å². The molecule has 2 rings (SSSR count). The fourth-order valence-corrected chi connectivity index (χ4v) is 6.26. The van der Waals surface area contributed by atoms with Crippen LogP contribution in [0.5, 0.6) is 0 Å². The lowest BCUT2D eigenvalue weighted by atomic mass is 10.1. The molecule has 2 unspecified atom stereocenters. The molecule has 1 aliphatic rings. The number of rotatable bonds is 4. The van der Waals surface area contributed by atoms with E-state index in [0.29, 0.717) is 18.1 Å². The summed E-state index contributed by atoms with van der Waals surface area (Å²) in [7, 11) is -1.45. The number of hydrogen-bond donors (Lipinski definition) is 0. The average Bonchev–Trinajstić information content (AvgIpc) is 3.05. The van der Waals surface area contributed by atoms with Crippen LogP contribution in [0.4, 0.5) is 0 Å². The van der Waals surface area contributed by atoms with Crippen molar-refractivity contribution in [3.05, 3.63) is 35.9 Å². The van der Waals surface area contributed by atoms with Crippen molar-refractivity contribution in [2.75, 3.05) is 0 Å². The summed E-state index contributed by atoms with van der Waals surface area (Å²) in [6.07, 6.45) is 1.77. The number of carbonyl (C=O) groups is 1. The third-order valence-corrected chi connectivity index (χ3v) is 7.83. The van der Waals surface area contributed by atoms with E-state index >= 15 is 0 Å². The van der Waals surface area contributed by atoms with Crippen molar-refractivity contribution < 1.29 is 4.79 Å². The third kappa shape index (κ3) is 1.88. The summed E-state index contributed by atoms with van der Waals surface area (Å²) in [6, 6.07) is 10.6. The summed E-state index contributed by atoms with van der Waals surface area (Å²) in [6.45, 7) is 9.01. The average molecular weight is 246 g/mol. The summed E-state index contributed by atoms with van der Waals surface area (Å²) in [5.41, 5.74) is 1.36.